The van der Waals surface area contributed by atoms with Crippen LogP contribution in [0.15, 0.2) is 21.7 Å². The van der Waals surface area contributed by atoms with Gasteiger partial charge in [0.1, 0.15) is 4.92 Å². The minimum atomic E-state index is -0.640. The maximum Gasteiger partial charge on any atom is 0.433 e. The van der Waals surface area contributed by atoms with Crippen LogP contribution < -0.4 is 5.43 Å². The largest absolute Gasteiger partial charge is 0.433 e. The molecule has 1 aromatic rings. The molecule has 21 heavy (non-hydrogen) atoms. The molecule has 0 aliphatic carbocycles. The molecule has 0 aliphatic heterocycles. The van der Waals surface area contributed by atoms with Crippen LogP contribution in [0.3, 0.4) is 0 Å². The third kappa shape index (κ3) is 5.35. The van der Waals surface area contributed by atoms with Crippen molar-refractivity contribution in [2.75, 3.05) is 6.54 Å². The molecule has 0 saturated heterocycles. The summed E-state index contributed by atoms with van der Waals surface area (Å²) in [6.45, 7) is 8.28. The van der Waals surface area contributed by atoms with Crippen molar-refractivity contribution in [2.24, 2.45) is 5.10 Å². The van der Waals surface area contributed by atoms with Crippen molar-refractivity contribution in [3.8, 4) is 0 Å². The summed E-state index contributed by atoms with van der Waals surface area (Å²) in [5, 5.41) is 14.2. The zero-order valence-electron chi connectivity index (χ0n) is 12.6. The van der Waals surface area contributed by atoms with Crippen molar-refractivity contribution in [3.63, 3.8) is 0 Å². The number of rotatable bonds is 7. The molecule has 0 aliphatic rings. The van der Waals surface area contributed by atoms with Gasteiger partial charge in [0.2, 0.25) is 0 Å². The highest BCUT2D eigenvalue weighted by Gasteiger charge is 2.16. The summed E-state index contributed by atoms with van der Waals surface area (Å²) in [7, 11) is 0. The van der Waals surface area contributed by atoms with E-state index in [2.05, 4.69) is 10.5 Å². The molecule has 1 aromatic heterocycles. The van der Waals surface area contributed by atoms with E-state index >= 15 is 0 Å². The van der Waals surface area contributed by atoms with Crippen LogP contribution >= 0.6 is 0 Å². The second kappa shape index (κ2) is 7.53. The maximum atomic E-state index is 11.8. The second-order valence-electron chi connectivity index (χ2n) is 5.09. The van der Waals surface area contributed by atoms with E-state index in [-0.39, 0.29) is 36.2 Å². The molecule has 0 bridgehead atoms. The second-order valence-corrected chi connectivity index (χ2v) is 5.09. The van der Waals surface area contributed by atoms with Crippen LogP contribution in [0.5, 0.6) is 0 Å². The fourth-order valence-corrected chi connectivity index (χ4v) is 1.84. The van der Waals surface area contributed by atoms with Gasteiger partial charge in [-0.15, -0.1) is 0 Å². The summed E-state index contributed by atoms with van der Waals surface area (Å²) >= 11 is 0. The van der Waals surface area contributed by atoms with Crippen LogP contribution in [-0.4, -0.2) is 40.6 Å². The van der Waals surface area contributed by atoms with Gasteiger partial charge >= 0.3 is 5.88 Å². The van der Waals surface area contributed by atoms with E-state index < -0.39 is 4.92 Å². The quantitative estimate of drug-likeness (QED) is 0.469. The Morgan fingerprint density at radius 2 is 2.05 bits per heavy atom. The summed E-state index contributed by atoms with van der Waals surface area (Å²) in [5.41, 5.74) is 2.37. The highest BCUT2D eigenvalue weighted by Crippen LogP contribution is 2.13. The number of hydrogen-bond donors (Lipinski definition) is 1. The van der Waals surface area contributed by atoms with Gasteiger partial charge in [-0.3, -0.25) is 19.8 Å². The van der Waals surface area contributed by atoms with E-state index in [1.807, 2.05) is 32.6 Å². The molecule has 0 aromatic carbocycles. The number of furan rings is 1. The number of amides is 1. The lowest BCUT2D eigenvalue weighted by Gasteiger charge is -2.29. The number of carbonyl (C=O) groups is 1. The van der Waals surface area contributed by atoms with Gasteiger partial charge in [-0.2, -0.15) is 5.10 Å². The normalized spacial score (nSPS) is 11.8. The van der Waals surface area contributed by atoms with Crippen molar-refractivity contribution < 1.29 is 14.1 Å². The van der Waals surface area contributed by atoms with Crippen LogP contribution in [0.4, 0.5) is 5.88 Å². The average molecular weight is 296 g/mol. The van der Waals surface area contributed by atoms with Gasteiger partial charge in [0, 0.05) is 12.1 Å². The molecule has 0 spiro atoms. The van der Waals surface area contributed by atoms with Gasteiger partial charge in [-0.1, -0.05) is 0 Å². The number of nitro groups is 1. The first-order valence-corrected chi connectivity index (χ1v) is 6.63. The third-order valence-electron chi connectivity index (χ3n) is 2.83. The molecule has 0 saturated carbocycles. The molecular formula is C13H20N4O4. The lowest BCUT2D eigenvalue weighted by atomic mass is 10.2. The number of carbonyl (C=O) groups excluding carboxylic acids is 1. The Morgan fingerprint density at radius 3 is 2.52 bits per heavy atom. The van der Waals surface area contributed by atoms with Gasteiger partial charge in [-0.25, -0.2) is 5.43 Å². The van der Waals surface area contributed by atoms with E-state index in [9.17, 15) is 14.9 Å². The van der Waals surface area contributed by atoms with Crippen LogP contribution in [0.1, 0.15) is 33.5 Å². The van der Waals surface area contributed by atoms with Crippen LogP contribution in [0.25, 0.3) is 0 Å². The number of hydrazone groups is 1. The van der Waals surface area contributed by atoms with Crippen molar-refractivity contribution in [3.05, 3.63) is 28.0 Å². The summed E-state index contributed by atoms with van der Waals surface area (Å²) in [6.07, 6.45) is 1.22. The van der Waals surface area contributed by atoms with Crippen LogP contribution in [0.2, 0.25) is 0 Å². The molecule has 1 heterocycles. The van der Waals surface area contributed by atoms with E-state index in [0.29, 0.717) is 0 Å². The Hall–Kier alpha value is -2.22. The molecule has 1 rings (SSSR count). The molecule has 0 atom stereocenters. The molecule has 1 N–H and O–H groups in total. The minimum Gasteiger partial charge on any atom is -0.400 e. The Bertz CT molecular complexity index is 514. The van der Waals surface area contributed by atoms with Gasteiger partial charge in [0.15, 0.2) is 5.76 Å². The van der Waals surface area contributed by atoms with Crippen molar-refractivity contribution in [2.45, 2.75) is 39.8 Å². The fraction of sp³-hybridized carbons (Fsp3) is 0.538. The molecule has 0 radical (unpaired) electrons. The maximum absolute atomic E-state index is 11.8. The Kier molecular flexibility index (Phi) is 6.04. The van der Waals surface area contributed by atoms with E-state index in [4.69, 9.17) is 4.42 Å². The first kappa shape index (κ1) is 16.8. The number of hydrogen-bond acceptors (Lipinski definition) is 6. The molecule has 8 heteroatoms. The lowest BCUT2D eigenvalue weighted by molar-refractivity contribution is -0.402. The molecule has 1 amide bonds. The van der Waals surface area contributed by atoms with Crippen molar-refractivity contribution in [1.82, 2.24) is 10.3 Å². The van der Waals surface area contributed by atoms with Crippen molar-refractivity contribution >= 4 is 18.0 Å². The molecule has 116 valence electrons. The van der Waals surface area contributed by atoms with E-state index in [1.165, 1.54) is 18.3 Å². The zero-order chi connectivity index (χ0) is 16.0. The zero-order valence-corrected chi connectivity index (χ0v) is 12.6. The highest BCUT2D eigenvalue weighted by atomic mass is 16.6. The molecular weight excluding hydrogens is 276 g/mol. The first-order valence-electron chi connectivity index (χ1n) is 6.63. The highest BCUT2D eigenvalue weighted by molar-refractivity contribution is 5.81. The van der Waals surface area contributed by atoms with Gasteiger partial charge < -0.3 is 4.42 Å². The molecule has 8 nitrogen and oxygen atoms in total. The third-order valence-corrected chi connectivity index (χ3v) is 2.83. The van der Waals surface area contributed by atoms with Crippen LogP contribution in [-0.2, 0) is 4.79 Å². The fourth-order valence-electron chi connectivity index (χ4n) is 1.84. The number of nitrogens with zero attached hydrogens (tertiary/aromatic N) is 3. The number of nitrogens with one attached hydrogen (secondary N) is 1. The topological polar surface area (TPSA) is 101 Å². The monoisotopic (exact) mass is 296 g/mol. The summed E-state index contributed by atoms with van der Waals surface area (Å²) in [6, 6.07) is 3.12. The smallest absolute Gasteiger partial charge is 0.400 e. The van der Waals surface area contributed by atoms with Gasteiger partial charge in [0.05, 0.1) is 18.8 Å². The Labute approximate surface area is 122 Å². The summed E-state index contributed by atoms with van der Waals surface area (Å²) in [5.74, 6) is -0.421. The molecule has 0 unspecified atom stereocenters. The Morgan fingerprint density at radius 1 is 1.43 bits per heavy atom. The average Bonchev–Trinajstić information content (AvgIpc) is 2.84. The lowest BCUT2D eigenvalue weighted by Crippen LogP contribution is -2.43. The standard InChI is InChI=1S/C13H20N4O4/c1-9(2)16(10(3)4)8-12(18)15-14-7-11-5-6-13(21-11)17(19)20/h5-7,9-10H,8H2,1-4H3,(H,15,18)/b14-7-. The minimum absolute atomic E-state index is 0.201. The first-order chi connectivity index (χ1) is 9.81. The molecule has 0 fully saturated rings. The summed E-state index contributed by atoms with van der Waals surface area (Å²) < 4.78 is 4.87. The summed E-state index contributed by atoms with van der Waals surface area (Å²) in [4.78, 5) is 23.6. The SMILES string of the molecule is CC(C)N(CC(=O)N/N=C\c1ccc([N+](=O)[O-])o1)C(C)C. The van der Waals surface area contributed by atoms with E-state index in [1.54, 1.807) is 0 Å². The van der Waals surface area contributed by atoms with Gasteiger partial charge in [-0.05, 0) is 33.8 Å². The Balaban J connectivity index is 2.51. The predicted octanol–water partition coefficient (Wildman–Crippen LogP) is 1.76. The van der Waals surface area contributed by atoms with E-state index in [0.717, 1.165) is 0 Å². The van der Waals surface area contributed by atoms with Gasteiger partial charge in [0.25, 0.3) is 5.91 Å². The van der Waals surface area contributed by atoms with Crippen LogP contribution in [0, 0.1) is 10.1 Å². The van der Waals surface area contributed by atoms with Crippen molar-refractivity contribution in [1.29, 1.82) is 0 Å². The predicted molar refractivity (Wildman–Crippen MR) is 78.1 cm³/mol.